The highest BCUT2D eigenvalue weighted by atomic mass is 32.2. The molecule has 2 aliphatic heterocycles. The third kappa shape index (κ3) is 2.79. The van der Waals surface area contributed by atoms with Crippen LogP contribution in [0.3, 0.4) is 0 Å². The second kappa shape index (κ2) is 6.20. The van der Waals surface area contributed by atoms with Crippen LogP contribution in [0.5, 0.6) is 5.75 Å². The predicted octanol–water partition coefficient (Wildman–Crippen LogP) is 1.23. The van der Waals surface area contributed by atoms with E-state index in [2.05, 4.69) is 0 Å². The van der Waals surface area contributed by atoms with Gasteiger partial charge < -0.3 is 14.5 Å². The summed E-state index contributed by atoms with van der Waals surface area (Å²) >= 11 is 1.63. The Morgan fingerprint density at radius 1 is 1.32 bits per heavy atom. The number of para-hydroxylation sites is 1. The largest absolute Gasteiger partial charge is 0.492 e. The van der Waals surface area contributed by atoms with Crippen LogP contribution < -0.4 is 4.74 Å². The Morgan fingerprint density at radius 2 is 2.09 bits per heavy atom. The van der Waals surface area contributed by atoms with Crippen LogP contribution >= 0.6 is 11.8 Å². The molecule has 6 heteroatoms. The molecule has 2 heterocycles. The summed E-state index contributed by atoms with van der Waals surface area (Å²) in [6, 6.07) is 7.48. The number of carbonyl (C=O) groups excluding carboxylic acids is 2. The first-order valence-corrected chi connectivity index (χ1v) is 8.53. The minimum Gasteiger partial charge on any atom is -0.492 e. The van der Waals surface area contributed by atoms with Crippen LogP contribution in [0.1, 0.15) is 5.56 Å². The topological polar surface area (TPSA) is 49.9 Å². The van der Waals surface area contributed by atoms with Crippen molar-refractivity contribution in [3.8, 4) is 5.75 Å². The van der Waals surface area contributed by atoms with Crippen molar-refractivity contribution >= 4 is 23.6 Å². The normalized spacial score (nSPS) is 23.6. The zero-order valence-corrected chi connectivity index (χ0v) is 13.6. The number of ether oxygens (including phenoxy) is 1. The van der Waals surface area contributed by atoms with Gasteiger partial charge in [-0.05, 0) is 18.1 Å². The SMILES string of the molecule is CN(C)C(=O)[C@H]1CSCN1C(=O)[C@@H]1COc2ccccc2C1. The van der Waals surface area contributed by atoms with Gasteiger partial charge in [-0.15, -0.1) is 11.8 Å². The Kier molecular flexibility index (Phi) is 4.29. The molecule has 3 rings (SSSR count). The molecule has 1 saturated heterocycles. The maximum Gasteiger partial charge on any atom is 0.245 e. The van der Waals surface area contributed by atoms with Crippen molar-refractivity contribution in [2.45, 2.75) is 12.5 Å². The Balaban J connectivity index is 1.73. The molecule has 0 saturated carbocycles. The van der Waals surface area contributed by atoms with E-state index >= 15 is 0 Å². The average Bonchev–Trinajstić information content (AvgIpc) is 3.02. The van der Waals surface area contributed by atoms with Crippen LogP contribution in [0.2, 0.25) is 0 Å². The summed E-state index contributed by atoms with van der Waals surface area (Å²) in [4.78, 5) is 28.3. The highest BCUT2D eigenvalue weighted by Crippen LogP contribution is 2.30. The van der Waals surface area contributed by atoms with Crippen LogP contribution in [0.4, 0.5) is 0 Å². The van der Waals surface area contributed by atoms with E-state index in [4.69, 9.17) is 4.74 Å². The first-order valence-electron chi connectivity index (χ1n) is 7.38. The maximum atomic E-state index is 12.8. The molecule has 0 radical (unpaired) electrons. The van der Waals surface area contributed by atoms with E-state index in [9.17, 15) is 9.59 Å². The smallest absolute Gasteiger partial charge is 0.245 e. The number of benzene rings is 1. The number of fused-ring (bicyclic) bond motifs is 1. The third-order valence-corrected chi connectivity index (χ3v) is 5.13. The number of amides is 2. The van der Waals surface area contributed by atoms with Gasteiger partial charge in [0.1, 0.15) is 18.4 Å². The zero-order valence-electron chi connectivity index (χ0n) is 12.8. The molecule has 0 aromatic heterocycles. The van der Waals surface area contributed by atoms with Crippen LogP contribution in [0, 0.1) is 5.92 Å². The molecule has 2 amide bonds. The van der Waals surface area contributed by atoms with Gasteiger partial charge in [-0.3, -0.25) is 9.59 Å². The minimum atomic E-state index is -0.343. The van der Waals surface area contributed by atoms with Crippen molar-refractivity contribution in [3.05, 3.63) is 29.8 Å². The highest BCUT2D eigenvalue weighted by molar-refractivity contribution is 7.99. The molecular weight excluding hydrogens is 300 g/mol. The van der Waals surface area contributed by atoms with Gasteiger partial charge in [0.2, 0.25) is 11.8 Å². The van der Waals surface area contributed by atoms with Gasteiger partial charge in [0, 0.05) is 19.8 Å². The molecule has 0 spiro atoms. The Labute approximate surface area is 134 Å². The van der Waals surface area contributed by atoms with E-state index in [1.54, 1.807) is 35.7 Å². The lowest BCUT2D eigenvalue weighted by Crippen LogP contribution is -2.50. The van der Waals surface area contributed by atoms with Gasteiger partial charge in [0.05, 0.1) is 11.8 Å². The number of thioether (sulfide) groups is 1. The minimum absolute atomic E-state index is 0.00419. The summed E-state index contributed by atoms with van der Waals surface area (Å²) < 4.78 is 5.71. The van der Waals surface area contributed by atoms with Crippen molar-refractivity contribution in [2.75, 3.05) is 32.3 Å². The van der Waals surface area contributed by atoms with E-state index < -0.39 is 0 Å². The molecule has 1 aromatic carbocycles. The van der Waals surface area contributed by atoms with E-state index in [0.29, 0.717) is 24.7 Å². The molecule has 22 heavy (non-hydrogen) atoms. The fourth-order valence-electron chi connectivity index (χ4n) is 2.88. The second-order valence-corrected chi connectivity index (χ2v) is 6.88. The van der Waals surface area contributed by atoms with Gasteiger partial charge in [0.15, 0.2) is 0 Å². The summed E-state index contributed by atoms with van der Waals surface area (Å²) in [5.74, 6) is 1.94. The fraction of sp³-hybridized carbons (Fsp3) is 0.500. The third-order valence-electron chi connectivity index (χ3n) is 4.12. The molecule has 2 aliphatic rings. The predicted molar refractivity (Wildman–Crippen MR) is 85.8 cm³/mol. The molecule has 1 fully saturated rings. The van der Waals surface area contributed by atoms with Gasteiger partial charge in [-0.25, -0.2) is 0 Å². The number of hydrogen-bond acceptors (Lipinski definition) is 4. The van der Waals surface area contributed by atoms with E-state index in [0.717, 1.165) is 11.3 Å². The second-order valence-electron chi connectivity index (χ2n) is 5.88. The number of hydrogen-bond donors (Lipinski definition) is 0. The van der Waals surface area contributed by atoms with Gasteiger partial charge in [-0.1, -0.05) is 18.2 Å². The fourth-order valence-corrected chi connectivity index (χ4v) is 4.04. The summed E-state index contributed by atoms with van der Waals surface area (Å²) in [6.07, 6.45) is 0.680. The first kappa shape index (κ1) is 15.2. The average molecular weight is 320 g/mol. The Bertz CT molecular complexity index is 591. The molecule has 0 N–H and O–H groups in total. The van der Waals surface area contributed by atoms with Crippen molar-refractivity contribution in [1.29, 1.82) is 0 Å². The Morgan fingerprint density at radius 3 is 2.86 bits per heavy atom. The molecule has 0 unspecified atom stereocenters. The monoisotopic (exact) mass is 320 g/mol. The van der Waals surface area contributed by atoms with Gasteiger partial charge >= 0.3 is 0 Å². The highest BCUT2D eigenvalue weighted by Gasteiger charge is 2.39. The summed E-state index contributed by atoms with van der Waals surface area (Å²) in [5, 5.41) is 0. The molecule has 1 aromatic rings. The maximum absolute atomic E-state index is 12.8. The van der Waals surface area contributed by atoms with Crippen LogP contribution in [-0.4, -0.2) is 60.0 Å². The van der Waals surface area contributed by atoms with Crippen LogP contribution in [0.15, 0.2) is 24.3 Å². The summed E-state index contributed by atoms with van der Waals surface area (Å²) in [5.41, 5.74) is 1.06. The van der Waals surface area contributed by atoms with E-state index in [-0.39, 0.29) is 23.8 Å². The molecule has 118 valence electrons. The van der Waals surface area contributed by atoms with Gasteiger partial charge in [-0.2, -0.15) is 0 Å². The lowest BCUT2D eigenvalue weighted by molar-refractivity contribution is -0.145. The van der Waals surface area contributed by atoms with Crippen molar-refractivity contribution < 1.29 is 14.3 Å². The first-order chi connectivity index (χ1) is 10.6. The molecule has 0 bridgehead atoms. The quantitative estimate of drug-likeness (QED) is 0.822. The number of likely N-dealkylation sites (N-methyl/N-ethyl adjacent to an activating group) is 1. The molecule has 2 atom stereocenters. The van der Waals surface area contributed by atoms with Crippen molar-refractivity contribution in [1.82, 2.24) is 9.80 Å². The lowest BCUT2D eigenvalue weighted by atomic mass is 9.95. The van der Waals surface area contributed by atoms with E-state index in [1.165, 1.54) is 0 Å². The summed E-state index contributed by atoms with van der Waals surface area (Å²) in [6.45, 7) is 0.389. The van der Waals surface area contributed by atoms with Crippen LogP contribution in [-0.2, 0) is 16.0 Å². The van der Waals surface area contributed by atoms with Crippen molar-refractivity contribution in [2.24, 2.45) is 5.92 Å². The summed E-state index contributed by atoms with van der Waals surface area (Å²) in [7, 11) is 3.46. The van der Waals surface area contributed by atoms with Crippen molar-refractivity contribution in [3.63, 3.8) is 0 Å². The van der Waals surface area contributed by atoms with E-state index in [1.807, 2.05) is 24.3 Å². The molecule has 5 nitrogen and oxygen atoms in total. The number of carbonyl (C=O) groups is 2. The number of rotatable bonds is 2. The standard InChI is InChI=1S/C16H20N2O3S/c1-17(2)16(20)13-9-22-10-18(13)15(19)12-7-11-5-3-4-6-14(11)21-8-12/h3-6,12-13H,7-10H2,1-2H3/t12-,13+/m0/s1. The molecular formula is C16H20N2O3S. The lowest BCUT2D eigenvalue weighted by Gasteiger charge is -2.31. The zero-order chi connectivity index (χ0) is 15.7. The van der Waals surface area contributed by atoms with Gasteiger partial charge in [0.25, 0.3) is 0 Å². The molecule has 0 aliphatic carbocycles. The Hall–Kier alpha value is -1.69. The number of nitrogens with zero attached hydrogens (tertiary/aromatic N) is 2. The van der Waals surface area contributed by atoms with Crippen LogP contribution in [0.25, 0.3) is 0 Å².